The van der Waals surface area contributed by atoms with E-state index in [9.17, 15) is 9.59 Å². The average Bonchev–Trinajstić information content (AvgIpc) is 2.57. The Balaban J connectivity index is 3.75. The molecule has 0 heterocycles. The van der Waals surface area contributed by atoms with Crippen molar-refractivity contribution in [2.45, 2.75) is 70.6 Å². The van der Waals surface area contributed by atoms with Gasteiger partial charge >= 0.3 is 11.9 Å². The van der Waals surface area contributed by atoms with Crippen molar-refractivity contribution in [3.8, 4) is 0 Å². The average molecular weight is 328 g/mol. The number of ether oxygens (including phenoxy) is 2. The van der Waals surface area contributed by atoms with Crippen molar-refractivity contribution in [1.82, 2.24) is 0 Å². The van der Waals surface area contributed by atoms with Gasteiger partial charge in [0.15, 0.2) is 0 Å². The molecule has 0 atom stereocenters. The largest absolute Gasteiger partial charge is 0.469 e. The molecule has 0 aromatic rings. The zero-order chi connectivity index (χ0) is 17.3. The van der Waals surface area contributed by atoms with E-state index >= 15 is 0 Å². The van der Waals surface area contributed by atoms with E-state index in [0.717, 1.165) is 32.1 Å². The quantitative estimate of drug-likeness (QED) is 0.300. The van der Waals surface area contributed by atoms with E-state index in [-0.39, 0.29) is 6.42 Å². The van der Waals surface area contributed by atoms with Gasteiger partial charge in [0, 0.05) is 12.2 Å². The minimum absolute atomic E-state index is 0.0307. The summed E-state index contributed by atoms with van der Waals surface area (Å²) in [6.07, 6.45) is 12.8. The van der Waals surface area contributed by atoms with Crippen LogP contribution < -0.4 is 0 Å². The Morgan fingerprint density at radius 1 is 0.826 bits per heavy atom. The number of carbonyl (C=O) groups excluding carboxylic acids is 2. The van der Waals surface area contributed by atoms with Crippen LogP contribution in [0.5, 0.6) is 0 Å². The SMILES string of the molecule is COC(=O)C/C(=C\CCCCCCCCCCCO)C(=O)OC. The number of methoxy groups -OCH3 is 2. The van der Waals surface area contributed by atoms with Crippen LogP contribution in [0.2, 0.25) is 0 Å². The predicted octanol–water partition coefficient (Wildman–Crippen LogP) is 3.54. The van der Waals surface area contributed by atoms with Crippen LogP contribution in [0.1, 0.15) is 70.6 Å². The van der Waals surface area contributed by atoms with Crippen molar-refractivity contribution >= 4 is 11.9 Å². The van der Waals surface area contributed by atoms with Crippen molar-refractivity contribution < 1.29 is 24.2 Å². The second-order valence-corrected chi connectivity index (χ2v) is 5.67. The lowest BCUT2D eigenvalue weighted by Crippen LogP contribution is -2.11. The lowest BCUT2D eigenvalue weighted by Gasteiger charge is -2.05. The number of aliphatic hydroxyl groups is 1. The van der Waals surface area contributed by atoms with E-state index in [0.29, 0.717) is 12.2 Å². The minimum Gasteiger partial charge on any atom is -0.469 e. The highest BCUT2D eigenvalue weighted by molar-refractivity contribution is 5.93. The Hall–Kier alpha value is -1.36. The van der Waals surface area contributed by atoms with Gasteiger partial charge in [-0.05, 0) is 19.3 Å². The van der Waals surface area contributed by atoms with E-state index in [1.54, 1.807) is 6.08 Å². The van der Waals surface area contributed by atoms with Gasteiger partial charge in [-0.1, -0.05) is 51.0 Å². The lowest BCUT2D eigenvalue weighted by atomic mass is 10.0. The topological polar surface area (TPSA) is 72.8 Å². The number of hydrogen-bond donors (Lipinski definition) is 1. The molecule has 0 saturated carbocycles. The van der Waals surface area contributed by atoms with Crippen LogP contribution in [0.3, 0.4) is 0 Å². The Kier molecular flexibility index (Phi) is 14.6. The molecule has 0 aliphatic carbocycles. The van der Waals surface area contributed by atoms with E-state index in [1.165, 1.54) is 46.3 Å². The summed E-state index contributed by atoms with van der Waals surface area (Å²) in [5, 5.41) is 8.68. The first-order chi connectivity index (χ1) is 11.2. The minimum atomic E-state index is -0.460. The normalized spacial score (nSPS) is 11.3. The first kappa shape index (κ1) is 21.6. The van der Waals surface area contributed by atoms with Crippen molar-refractivity contribution in [3.63, 3.8) is 0 Å². The summed E-state index contributed by atoms with van der Waals surface area (Å²) in [7, 11) is 2.62. The summed E-state index contributed by atoms with van der Waals surface area (Å²) in [6.45, 7) is 0.303. The molecular formula is C18H32O5. The number of carbonyl (C=O) groups is 2. The zero-order valence-electron chi connectivity index (χ0n) is 14.6. The summed E-state index contributed by atoms with van der Waals surface area (Å²) in [4.78, 5) is 22.8. The van der Waals surface area contributed by atoms with Crippen LogP contribution in [0.25, 0.3) is 0 Å². The third kappa shape index (κ3) is 12.8. The van der Waals surface area contributed by atoms with Gasteiger partial charge in [0.1, 0.15) is 0 Å². The van der Waals surface area contributed by atoms with Gasteiger partial charge in [0.2, 0.25) is 0 Å². The fraction of sp³-hybridized carbons (Fsp3) is 0.778. The Labute approximate surface area is 140 Å². The maximum atomic E-state index is 11.6. The van der Waals surface area contributed by atoms with Crippen LogP contribution in [-0.4, -0.2) is 37.9 Å². The first-order valence-electron chi connectivity index (χ1n) is 8.60. The molecule has 1 N–H and O–H groups in total. The summed E-state index contributed by atoms with van der Waals surface area (Å²) in [6, 6.07) is 0. The molecule has 0 amide bonds. The van der Waals surface area contributed by atoms with Crippen LogP contribution >= 0.6 is 0 Å². The van der Waals surface area contributed by atoms with Crippen molar-refractivity contribution in [1.29, 1.82) is 0 Å². The standard InChI is InChI=1S/C18H32O5/c1-22-17(20)15-16(18(21)23-2)13-11-9-7-5-3-4-6-8-10-12-14-19/h13,19H,3-12,14-15H2,1-2H3/b16-13+. The molecule has 5 heteroatoms. The number of aliphatic hydroxyl groups excluding tert-OH is 1. The number of hydrogen-bond acceptors (Lipinski definition) is 5. The third-order valence-corrected chi connectivity index (χ3v) is 3.76. The number of allylic oxidation sites excluding steroid dienone is 1. The monoisotopic (exact) mass is 328 g/mol. The molecule has 0 fully saturated rings. The van der Waals surface area contributed by atoms with Gasteiger partial charge in [0.25, 0.3) is 0 Å². The highest BCUT2D eigenvalue weighted by Crippen LogP contribution is 2.13. The van der Waals surface area contributed by atoms with Gasteiger partial charge in [-0.3, -0.25) is 4.79 Å². The first-order valence-corrected chi connectivity index (χ1v) is 8.60. The fourth-order valence-corrected chi connectivity index (χ4v) is 2.36. The maximum absolute atomic E-state index is 11.6. The summed E-state index contributed by atoms with van der Waals surface area (Å²) < 4.78 is 9.26. The zero-order valence-corrected chi connectivity index (χ0v) is 14.6. The summed E-state index contributed by atoms with van der Waals surface area (Å²) in [5.74, 6) is -0.888. The highest BCUT2D eigenvalue weighted by Gasteiger charge is 2.14. The van der Waals surface area contributed by atoms with Gasteiger partial charge in [0.05, 0.1) is 20.6 Å². The second-order valence-electron chi connectivity index (χ2n) is 5.67. The lowest BCUT2D eigenvalue weighted by molar-refractivity contribution is -0.143. The van der Waals surface area contributed by atoms with E-state index in [4.69, 9.17) is 5.11 Å². The number of esters is 2. The molecule has 0 bridgehead atoms. The van der Waals surface area contributed by atoms with Crippen LogP contribution in [0, 0.1) is 0 Å². The van der Waals surface area contributed by atoms with Crippen LogP contribution in [-0.2, 0) is 19.1 Å². The Morgan fingerprint density at radius 2 is 1.35 bits per heavy atom. The van der Waals surface area contributed by atoms with Crippen LogP contribution in [0.15, 0.2) is 11.6 Å². The molecule has 0 spiro atoms. The molecule has 0 saturated heterocycles. The fourth-order valence-electron chi connectivity index (χ4n) is 2.36. The molecule has 0 aliphatic heterocycles. The van der Waals surface area contributed by atoms with E-state index in [2.05, 4.69) is 9.47 Å². The van der Waals surface area contributed by atoms with Gasteiger partial charge < -0.3 is 14.6 Å². The molecule has 0 aromatic heterocycles. The van der Waals surface area contributed by atoms with Crippen molar-refractivity contribution in [2.75, 3.05) is 20.8 Å². The smallest absolute Gasteiger partial charge is 0.333 e. The second kappa shape index (κ2) is 15.5. The molecule has 0 unspecified atom stereocenters. The van der Waals surface area contributed by atoms with Crippen molar-refractivity contribution in [3.05, 3.63) is 11.6 Å². The summed E-state index contributed by atoms with van der Waals surface area (Å²) in [5.41, 5.74) is 0.378. The predicted molar refractivity (Wildman–Crippen MR) is 90.0 cm³/mol. The van der Waals surface area contributed by atoms with E-state index < -0.39 is 11.9 Å². The number of rotatable bonds is 14. The van der Waals surface area contributed by atoms with Gasteiger partial charge in [-0.25, -0.2) is 4.79 Å². The van der Waals surface area contributed by atoms with Gasteiger partial charge in [-0.2, -0.15) is 0 Å². The molecular weight excluding hydrogens is 296 g/mol. The molecule has 0 aliphatic rings. The third-order valence-electron chi connectivity index (χ3n) is 3.76. The van der Waals surface area contributed by atoms with Crippen molar-refractivity contribution in [2.24, 2.45) is 0 Å². The van der Waals surface area contributed by atoms with Crippen LogP contribution in [0.4, 0.5) is 0 Å². The molecule has 134 valence electrons. The highest BCUT2D eigenvalue weighted by atomic mass is 16.5. The maximum Gasteiger partial charge on any atom is 0.333 e. The van der Waals surface area contributed by atoms with E-state index in [1.807, 2.05) is 0 Å². The Morgan fingerprint density at radius 3 is 1.83 bits per heavy atom. The molecule has 5 nitrogen and oxygen atoms in total. The summed E-state index contributed by atoms with van der Waals surface area (Å²) >= 11 is 0. The van der Waals surface area contributed by atoms with Gasteiger partial charge in [-0.15, -0.1) is 0 Å². The molecule has 0 rings (SSSR count). The molecule has 0 radical (unpaired) electrons. The molecule has 0 aromatic carbocycles. The molecule has 23 heavy (non-hydrogen) atoms. The number of unbranched alkanes of at least 4 members (excludes halogenated alkanes) is 9. The Bertz CT molecular complexity index is 349.